The summed E-state index contributed by atoms with van der Waals surface area (Å²) >= 11 is 0. The van der Waals surface area contributed by atoms with Crippen molar-refractivity contribution in [1.82, 2.24) is 20.2 Å². The zero-order chi connectivity index (χ0) is 23.8. The summed E-state index contributed by atoms with van der Waals surface area (Å²) in [5.74, 6) is 0.297. The van der Waals surface area contributed by atoms with Crippen LogP contribution in [0.25, 0.3) is 0 Å². The van der Waals surface area contributed by atoms with Crippen LogP contribution >= 0.6 is 0 Å². The molecule has 1 saturated heterocycles. The van der Waals surface area contributed by atoms with Crippen molar-refractivity contribution in [3.05, 3.63) is 48.3 Å². The van der Waals surface area contributed by atoms with Crippen LogP contribution in [-0.2, 0) is 21.1 Å². The topological polar surface area (TPSA) is 114 Å². The third-order valence-corrected chi connectivity index (χ3v) is 7.67. The third kappa shape index (κ3) is 7.40. The number of nitrogens with one attached hydrogen (secondary N) is 2. The minimum absolute atomic E-state index is 0.0871. The van der Waals surface area contributed by atoms with Gasteiger partial charge in [0.15, 0.2) is 9.84 Å². The SMILES string of the molecule is CC(C)S(=O)(=O)c1cnc(NC[C@@H](C)NC(=O)OC2CCN(Cc3ccccc3)CC2)nc1. The van der Waals surface area contributed by atoms with Gasteiger partial charge in [0.25, 0.3) is 0 Å². The van der Waals surface area contributed by atoms with Gasteiger partial charge in [-0.05, 0) is 39.2 Å². The van der Waals surface area contributed by atoms with Gasteiger partial charge in [-0.15, -0.1) is 0 Å². The van der Waals surface area contributed by atoms with Crippen molar-refractivity contribution in [1.29, 1.82) is 0 Å². The molecule has 180 valence electrons. The van der Waals surface area contributed by atoms with Crippen molar-refractivity contribution in [3.63, 3.8) is 0 Å². The van der Waals surface area contributed by atoms with E-state index in [-0.39, 0.29) is 17.0 Å². The van der Waals surface area contributed by atoms with E-state index in [0.29, 0.717) is 12.5 Å². The van der Waals surface area contributed by atoms with Crippen LogP contribution in [0.3, 0.4) is 0 Å². The van der Waals surface area contributed by atoms with Crippen LogP contribution in [0.1, 0.15) is 39.2 Å². The van der Waals surface area contributed by atoms with Gasteiger partial charge in [0.05, 0.1) is 17.6 Å². The normalized spacial score (nSPS) is 16.4. The van der Waals surface area contributed by atoms with Crippen molar-refractivity contribution in [2.24, 2.45) is 0 Å². The van der Waals surface area contributed by atoms with Crippen LogP contribution in [0, 0.1) is 0 Å². The van der Waals surface area contributed by atoms with Gasteiger partial charge in [-0.25, -0.2) is 23.2 Å². The number of benzene rings is 1. The number of likely N-dealkylation sites (tertiary alicyclic amines) is 1. The number of amides is 1. The second-order valence-electron chi connectivity index (χ2n) is 8.63. The molecule has 3 rings (SSSR count). The van der Waals surface area contributed by atoms with E-state index in [1.807, 2.05) is 25.1 Å². The molecule has 0 saturated carbocycles. The molecule has 0 unspecified atom stereocenters. The number of hydrogen-bond acceptors (Lipinski definition) is 8. The molecule has 0 aliphatic carbocycles. The van der Waals surface area contributed by atoms with E-state index in [4.69, 9.17) is 4.74 Å². The van der Waals surface area contributed by atoms with E-state index in [1.54, 1.807) is 13.8 Å². The van der Waals surface area contributed by atoms with E-state index in [9.17, 15) is 13.2 Å². The van der Waals surface area contributed by atoms with Crippen molar-refractivity contribution in [3.8, 4) is 0 Å². The number of sulfone groups is 1. The third-order valence-electron chi connectivity index (χ3n) is 5.57. The number of alkyl carbamates (subject to hydrolysis) is 1. The Morgan fingerprint density at radius 1 is 1.12 bits per heavy atom. The molecule has 2 aromatic rings. The summed E-state index contributed by atoms with van der Waals surface area (Å²) in [6, 6.07) is 10.1. The highest BCUT2D eigenvalue weighted by molar-refractivity contribution is 7.92. The predicted octanol–water partition coefficient (Wildman–Crippen LogP) is 2.85. The van der Waals surface area contributed by atoms with Crippen LogP contribution < -0.4 is 10.6 Å². The number of anilines is 1. The minimum Gasteiger partial charge on any atom is -0.446 e. The number of carbonyl (C=O) groups is 1. The molecule has 1 aliphatic rings. The maximum Gasteiger partial charge on any atom is 0.407 e. The highest BCUT2D eigenvalue weighted by Gasteiger charge is 2.23. The lowest BCUT2D eigenvalue weighted by Crippen LogP contribution is -2.42. The van der Waals surface area contributed by atoms with Gasteiger partial charge in [-0.2, -0.15) is 0 Å². The Hall–Kier alpha value is -2.72. The Bertz CT molecular complexity index is 991. The number of ether oxygens (including phenoxy) is 1. The van der Waals surface area contributed by atoms with Gasteiger partial charge in [-0.3, -0.25) is 4.90 Å². The van der Waals surface area contributed by atoms with E-state index in [1.165, 1.54) is 18.0 Å². The first kappa shape index (κ1) is 24.9. The lowest BCUT2D eigenvalue weighted by molar-refractivity contribution is 0.0475. The Morgan fingerprint density at radius 3 is 2.36 bits per heavy atom. The van der Waals surface area contributed by atoms with Gasteiger partial charge in [0.1, 0.15) is 11.0 Å². The zero-order valence-electron chi connectivity index (χ0n) is 19.4. The highest BCUT2D eigenvalue weighted by atomic mass is 32.2. The molecule has 0 bridgehead atoms. The number of hydrogen-bond donors (Lipinski definition) is 2. The lowest BCUT2D eigenvalue weighted by Gasteiger charge is -2.31. The van der Waals surface area contributed by atoms with Crippen LogP contribution in [0.4, 0.5) is 10.7 Å². The molecule has 0 radical (unpaired) electrons. The summed E-state index contributed by atoms with van der Waals surface area (Å²) in [6.45, 7) is 8.14. The van der Waals surface area contributed by atoms with E-state index in [0.717, 1.165) is 32.5 Å². The summed E-state index contributed by atoms with van der Waals surface area (Å²) in [5.41, 5.74) is 1.29. The number of rotatable bonds is 9. The fourth-order valence-corrected chi connectivity index (χ4v) is 4.48. The monoisotopic (exact) mass is 475 g/mol. The summed E-state index contributed by atoms with van der Waals surface area (Å²) in [6.07, 6.45) is 3.68. The molecule has 2 heterocycles. The molecule has 10 heteroatoms. The number of carbonyl (C=O) groups excluding carboxylic acids is 1. The van der Waals surface area contributed by atoms with Crippen LogP contribution in [0.2, 0.25) is 0 Å². The fourth-order valence-electron chi connectivity index (χ4n) is 3.54. The molecular formula is C23H33N5O4S. The molecule has 9 nitrogen and oxygen atoms in total. The summed E-state index contributed by atoms with van der Waals surface area (Å²) in [4.78, 5) is 22.8. The Kier molecular flexibility index (Phi) is 8.62. The molecule has 1 fully saturated rings. The van der Waals surface area contributed by atoms with Gasteiger partial charge in [-0.1, -0.05) is 30.3 Å². The molecule has 0 spiro atoms. The number of nitrogens with zero attached hydrogens (tertiary/aromatic N) is 3. The molecule has 33 heavy (non-hydrogen) atoms. The average Bonchev–Trinajstić information content (AvgIpc) is 2.80. The Balaban J connectivity index is 1.36. The molecule has 1 amide bonds. The molecular weight excluding hydrogens is 442 g/mol. The van der Waals surface area contributed by atoms with Crippen molar-refractivity contribution < 1.29 is 17.9 Å². The van der Waals surface area contributed by atoms with Crippen LogP contribution in [-0.4, -0.2) is 66.4 Å². The summed E-state index contributed by atoms with van der Waals surface area (Å²) in [5, 5.41) is 5.27. The molecule has 1 atom stereocenters. The molecule has 1 aromatic heterocycles. The van der Waals surface area contributed by atoms with Gasteiger partial charge >= 0.3 is 6.09 Å². The summed E-state index contributed by atoms with van der Waals surface area (Å²) in [7, 11) is -3.40. The first-order valence-electron chi connectivity index (χ1n) is 11.3. The smallest absolute Gasteiger partial charge is 0.407 e. The molecule has 1 aliphatic heterocycles. The van der Waals surface area contributed by atoms with E-state index in [2.05, 4.69) is 37.6 Å². The maximum atomic E-state index is 12.3. The standard InChI is InChI=1S/C23H33N5O4S/c1-17(2)33(30,31)21-14-25-22(26-15-21)24-13-18(3)27-23(29)32-20-9-11-28(12-10-20)16-19-7-5-4-6-8-19/h4-8,14-15,17-18,20H,9-13,16H2,1-3H3,(H,27,29)(H,24,25,26)/t18-/m1/s1. The highest BCUT2D eigenvalue weighted by Crippen LogP contribution is 2.17. The largest absolute Gasteiger partial charge is 0.446 e. The Labute approximate surface area is 195 Å². The molecule has 2 N–H and O–H groups in total. The van der Waals surface area contributed by atoms with E-state index < -0.39 is 21.2 Å². The number of aromatic nitrogens is 2. The zero-order valence-corrected chi connectivity index (χ0v) is 20.2. The van der Waals surface area contributed by atoms with E-state index >= 15 is 0 Å². The van der Waals surface area contributed by atoms with Crippen molar-refractivity contribution in [2.45, 2.75) is 62.4 Å². The van der Waals surface area contributed by atoms with Crippen LogP contribution in [0.15, 0.2) is 47.6 Å². The second-order valence-corrected chi connectivity index (χ2v) is 11.1. The first-order chi connectivity index (χ1) is 15.7. The van der Waals surface area contributed by atoms with Gasteiger partial charge in [0, 0.05) is 32.2 Å². The van der Waals surface area contributed by atoms with Gasteiger partial charge in [0.2, 0.25) is 5.95 Å². The average molecular weight is 476 g/mol. The van der Waals surface area contributed by atoms with Gasteiger partial charge < -0.3 is 15.4 Å². The quantitative estimate of drug-likeness (QED) is 0.569. The maximum absolute atomic E-state index is 12.3. The first-order valence-corrected chi connectivity index (χ1v) is 12.8. The summed E-state index contributed by atoms with van der Waals surface area (Å²) < 4.78 is 29.8. The predicted molar refractivity (Wildman–Crippen MR) is 127 cm³/mol. The fraction of sp³-hybridized carbons (Fsp3) is 0.522. The van der Waals surface area contributed by atoms with Crippen LogP contribution in [0.5, 0.6) is 0 Å². The minimum atomic E-state index is -3.40. The lowest BCUT2D eigenvalue weighted by atomic mass is 10.1. The second kappa shape index (κ2) is 11.4. The van der Waals surface area contributed by atoms with Crippen molar-refractivity contribution in [2.75, 3.05) is 25.0 Å². The molecule has 1 aromatic carbocycles. The number of piperidine rings is 1. The van der Waals surface area contributed by atoms with Crippen molar-refractivity contribution >= 4 is 21.9 Å². The Morgan fingerprint density at radius 2 is 1.76 bits per heavy atom.